The first-order chi connectivity index (χ1) is 10.1. The van der Waals surface area contributed by atoms with Gasteiger partial charge in [-0.2, -0.15) is 0 Å². The summed E-state index contributed by atoms with van der Waals surface area (Å²) >= 11 is 6.24. The summed E-state index contributed by atoms with van der Waals surface area (Å²) in [6, 6.07) is 5.02. The number of piperidine rings is 2. The van der Waals surface area contributed by atoms with E-state index in [1.54, 1.807) is 0 Å². The minimum absolute atomic E-state index is 0.247. The zero-order chi connectivity index (χ0) is 14.9. The van der Waals surface area contributed by atoms with Gasteiger partial charge in [0.05, 0.1) is 0 Å². The molecule has 2 aliphatic heterocycles. The number of nitrogens with one attached hydrogen (secondary N) is 1. The first-order valence-corrected chi connectivity index (χ1v) is 8.37. The zero-order valence-corrected chi connectivity index (χ0v) is 13.4. The summed E-state index contributed by atoms with van der Waals surface area (Å²) in [4.78, 5) is 2.52. The average molecular weight is 311 g/mol. The van der Waals surface area contributed by atoms with Gasteiger partial charge in [-0.15, -0.1) is 0 Å². The van der Waals surface area contributed by atoms with Gasteiger partial charge in [0.2, 0.25) is 0 Å². The molecule has 4 heteroatoms. The Morgan fingerprint density at radius 1 is 1.33 bits per heavy atom. The molecule has 0 aromatic heterocycles. The molecular weight excluding hydrogens is 287 g/mol. The minimum atomic E-state index is -0.262. The third kappa shape index (κ3) is 3.25. The highest BCUT2D eigenvalue weighted by atomic mass is 35.5. The predicted octanol–water partition coefficient (Wildman–Crippen LogP) is 4.01. The molecule has 1 aromatic carbocycles. The van der Waals surface area contributed by atoms with Crippen LogP contribution in [0.1, 0.15) is 44.2 Å². The molecule has 0 bridgehead atoms. The van der Waals surface area contributed by atoms with Crippen LogP contribution >= 0.6 is 11.6 Å². The van der Waals surface area contributed by atoms with Crippen molar-refractivity contribution in [1.82, 2.24) is 10.2 Å². The smallest absolute Gasteiger partial charge is 0.124 e. The van der Waals surface area contributed by atoms with Crippen molar-refractivity contribution in [3.05, 3.63) is 34.6 Å². The molecule has 1 spiro atoms. The Labute approximate surface area is 131 Å². The van der Waals surface area contributed by atoms with Crippen LogP contribution in [0.25, 0.3) is 0 Å². The van der Waals surface area contributed by atoms with Crippen LogP contribution in [0.15, 0.2) is 18.2 Å². The predicted molar refractivity (Wildman–Crippen MR) is 85.2 cm³/mol. The second-order valence-corrected chi connectivity index (χ2v) is 7.10. The maximum absolute atomic E-state index is 13.2. The Kier molecular flexibility index (Phi) is 4.53. The monoisotopic (exact) mass is 310 g/mol. The van der Waals surface area contributed by atoms with E-state index < -0.39 is 0 Å². The molecule has 2 aliphatic rings. The quantitative estimate of drug-likeness (QED) is 0.888. The van der Waals surface area contributed by atoms with Gasteiger partial charge in [0.25, 0.3) is 0 Å². The van der Waals surface area contributed by atoms with Crippen molar-refractivity contribution in [3.63, 3.8) is 0 Å². The van der Waals surface area contributed by atoms with Gasteiger partial charge in [-0.3, -0.25) is 4.90 Å². The van der Waals surface area contributed by atoms with Crippen molar-refractivity contribution >= 4 is 11.6 Å². The van der Waals surface area contributed by atoms with Crippen molar-refractivity contribution < 1.29 is 4.39 Å². The second kappa shape index (κ2) is 6.23. The topological polar surface area (TPSA) is 15.3 Å². The molecule has 1 N–H and O–H groups in total. The summed E-state index contributed by atoms with van der Waals surface area (Å²) in [5, 5.41) is 4.11. The molecule has 21 heavy (non-hydrogen) atoms. The number of hydrogen-bond acceptors (Lipinski definition) is 2. The van der Waals surface area contributed by atoms with Gasteiger partial charge in [0, 0.05) is 24.2 Å². The van der Waals surface area contributed by atoms with Crippen molar-refractivity contribution in [2.45, 2.75) is 38.6 Å². The Hall–Kier alpha value is -0.640. The largest absolute Gasteiger partial charge is 0.316 e. The van der Waals surface area contributed by atoms with Crippen molar-refractivity contribution in [3.8, 4) is 0 Å². The lowest BCUT2D eigenvalue weighted by molar-refractivity contribution is 0.0416. The van der Waals surface area contributed by atoms with E-state index in [1.165, 1.54) is 37.8 Å². The fourth-order valence-electron chi connectivity index (χ4n) is 3.99. The number of likely N-dealkylation sites (tertiary alicyclic amines) is 1. The lowest BCUT2D eigenvalue weighted by Crippen LogP contribution is -2.51. The molecule has 0 radical (unpaired) electrons. The van der Waals surface area contributed by atoms with Gasteiger partial charge in [-0.25, -0.2) is 4.39 Å². The van der Waals surface area contributed by atoms with Crippen LogP contribution in [0.3, 0.4) is 0 Å². The summed E-state index contributed by atoms with van der Waals surface area (Å²) in [5.41, 5.74) is 1.47. The Morgan fingerprint density at radius 3 is 2.86 bits per heavy atom. The van der Waals surface area contributed by atoms with Gasteiger partial charge < -0.3 is 5.32 Å². The number of halogens is 2. The third-order valence-electron chi connectivity index (χ3n) is 5.21. The van der Waals surface area contributed by atoms with Gasteiger partial charge in [0.1, 0.15) is 5.82 Å². The average Bonchev–Trinajstić information content (AvgIpc) is 2.47. The summed E-state index contributed by atoms with van der Waals surface area (Å²) in [6.07, 6.45) is 5.16. The molecule has 116 valence electrons. The maximum atomic E-state index is 13.2. The molecule has 2 fully saturated rings. The fraction of sp³-hybridized carbons (Fsp3) is 0.647. The molecule has 3 rings (SSSR count). The fourth-order valence-corrected chi connectivity index (χ4v) is 4.32. The first-order valence-electron chi connectivity index (χ1n) is 7.99. The number of nitrogens with zero attached hydrogens (tertiary/aromatic N) is 1. The summed E-state index contributed by atoms with van der Waals surface area (Å²) in [6.45, 7) is 6.70. The lowest BCUT2D eigenvalue weighted by Gasteiger charge is -2.47. The van der Waals surface area contributed by atoms with E-state index in [0.717, 1.165) is 31.7 Å². The Balaban J connectivity index is 1.76. The molecule has 2 saturated heterocycles. The van der Waals surface area contributed by atoms with Gasteiger partial charge >= 0.3 is 0 Å². The van der Waals surface area contributed by atoms with Crippen LogP contribution in [0.2, 0.25) is 5.02 Å². The standard InChI is InChI=1S/C17H24ClFN2/c1-13(15-5-4-14(19)10-16(15)18)21-9-3-7-17(12-21)6-2-8-20-11-17/h4-5,10,13,20H,2-3,6-9,11-12H2,1H3. The molecule has 0 amide bonds. The number of hydrogen-bond donors (Lipinski definition) is 1. The highest BCUT2D eigenvalue weighted by Crippen LogP contribution is 2.39. The van der Waals surface area contributed by atoms with Crippen LogP contribution in [-0.2, 0) is 0 Å². The second-order valence-electron chi connectivity index (χ2n) is 6.70. The SMILES string of the molecule is CC(c1ccc(F)cc1Cl)N1CCCC2(CCCNC2)C1. The molecule has 2 heterocycles. The molecule has 0 aliphatic carbocycles. The summed E-state index contributed by atoms with van der Waals surface area (Å²) in [5.74, 6) is -0.262. The molecule has 2 atom stereocenters. The maximum Gasteiger partial charge on any atom is 0.124 e. The minimum Gasteiger partial charge on any atom is -0.316 e. The van der Waals surface area contributed by atoms with Gasteiger partial charge in [0.15, 0.2) is 0 Å². The van der Waals surface area contributed by atoms with Crippen molar-refractivity contribution in [2.75, 3.05) is 26.2 Å². The van der Waals surface area contributed by atoms with Crippen molar-refractivity contribution in [2.24, 2.45) is 5.41 Å². The molecule has 2 nitrogen and oxygen atoms in total. The lowest BCUT2D eigenvalue weighted by atomic mass is 9.74. The van der Waals surface area contributed by atoms with Crippen molar-refractivity contribution in [1.29, 1.82) is 0 Å². The molecule has 2 unspecified atom stereocenters. The third-order valence-corrected chi connectivity index (χ3v) is 5.54. The summed E-state index contributed by atoms with van der Waals surface area (Å²) < 4.78 is 13.2. The van der Waals surface area contributed by atoms with Crippen LogP contribution in [0.5, 0.6) is 0 Å². The highest BCUT2D eigenvalue weighted by molar-refractivity contribution is 6.31. The van der Waals surface area contributed by atoms with Crippen LogP contribution in [-0.4, -0.2) is 31.1 Å². The van der Waals surface area contributed by atoms with Crippen LogP contribution < -0.4 is 5.32 Å². The zero-order valence-electron chi connectivity index (χ0n) is 12.7. The van der Waals surface area contributed by atoms with E-state index in [2.05, 4.69) is 17.1 Å². The highest BCUT2D eigenvalue weighted by Gasteiger charge is 2.38. The van der Waals surface area contributed by atoms with E-state index in [-0.39, 0.29) is 11.9 Å². The van der Waals surface area contributed by atoms with E-state index in [0.29, 0.717) is 10.4 Å². The molecule has 0 saturated carbocycles. The van der Waals surface area contributed by atoms with E-state index in [1.807, 2.05) is 6.07 Å². The van der Waals surface area contributed by atoms with E-state index in [4.69, 9.17) is 11.6 Å². The normalized spacial score (nSPS) is 28.7. The Morgan fingerprint density at radius 2 is 2.14 bits per heavy atom. The first kappa shape index (κ1) is 15.3. The van der Waals surface area contributed by atoms with Crippen LogP contribution in [0.4, 0.5) is 4.39 Å². The number of rotatable bonds is 2. The Bertz CT molecular complexity index is 494. The molecular formula is C17H24ClFN2. The number of benzene rings is 1. The van der Waals surface area contributed by atoms with Crippen LogP contribution in [0, 0.1) is 11.2 Å². The van der Waals surface area contributed by atoms with Gasteiger partial charge in [-0.05, 0) is 68.8 Å². The molecule has 1 aromatic rings. The van der Waals surface area contributed by atoms with E-state index >= 15 is 0 Å². The van der Waals surface area contributed by atoms with Gasteiger partial charge in [-0.1, -0.05) is 17.7 Å². The summed E-state index contributed by atoms with van der Waals surface area (Å²) in [7, 11) is 0. The van der Waals surface area contributed by atoms with E-state index in [9.17, 15) is 4.39 Å².